The molecule has 1 aliphatic rings. The summed E-state index contributed by atoms with van der Waals surface area (Å²) in [6.45, 7) is 0. The first-order valence-corrected chi connectivity index (χ1v) is 5.56. The van der Waals surface area contributed by atoms with Crippen molar-refractivity contribution < 1.29 is 0 Å². The van der Waals surface area contributed by atoms with Gasteiger partial charge < -0.3 is 5.73 Å². The van der Waals surface area contributed by atoms with E-state index in [-0.39, 0.29) is 0 Å². The molecule has 16 heavy (non-hydrogen) atoms. The van der Waals surface area contributed by atoms with Gasteiger partial charge in [-0.3, -0.25) is 10.2 Å². The van der Waals surface area contributed by atoms with E-state index >= 15 is 0 Å². The number of aromatic amines is 2. The number of rotatable bonds is 2. The highest BCUT2D eigenvalue weighted by molar-refractivity contribution is 5.66. The number of H-pyrrole nitrogens is 2. The quantitative estimate of drug-likeness (QED) is 0.710. The highest BCUT2D eigenvalue weighted by atomic mass is 15.2. The highest BCUT2D eigenvalue weighted by Gasteiger charge is 2.21. The second-order valence-corrected chi connectivity index (χ2v) is 4.22. The predicted molar refractivity (Wildman–Crippen MR) is 59.6 cm³/mol. The molecule has 6 nitrogen and oxygen atoms in total. The molecule has 1 aliphatic carbocycles. The minimum atomic E-state index is 0.511. The molecule has 2 aromatic rings. The molecule has 0 spiro atoms. The van der Waals surface area contributed by atoms with Gasteiger partial charge >= 0.3 is 0 Å². The van der Waals surface area contributed by atoms with Gasteiger partial charge in [-0.15, -0.1) is 0 Å². The van der Waals surface area contributed by atoms with Crippen LogP contribution in [0.15, 0.2) is 6.20 Å². The van der Waals surface area contributed by atoms with Gasteiger partial charge in [-0.05, 0) is 12.8 Å². The molecule has 0 amide bonds. The Bertz CT molecular complexity index is 479. The molecule has 6 heteroatoms. The third-order valence-electron chi connectivity index (χ3n) is 3.15. The van der Waals surface area contributed by atoms with Crippen molar-refractivity contribution in [1.82, 2.24) is 25.4 Å². The zero-order valence-electron chi connectivity index (χ0n) is 8.90. The zero-order valence-corrected chi connectivity index (χ0v) is 8.90. The number of nitrogens with two attached hydrogens (primary N) is 1. The first-order valence-electron chi connectivity index (χ1n) is 5.56. The van der Waals surface area contributed by atoms with E-state index in [0.29, 0.717) is 17.6 Å². The van der Waals surface area contributed by atoms with Crippen molar-refractivity contribution >= 4 is 5.82 Å². The Labute approximate surface area is 92.7 Å². The molecule has 4 N–H and O–H groups in total. The summed E-state index contributed by atoms with van der Waals surface area (Å²) in [5.41, 5.74) is 6.49. The van der Waals surface area contributed by atoms with Crippen LogP contribution in [0.3, 0.4) is 0 Å². The molecule has 1 saturated carbocycles. The van der Waals surface area contributed by atoms with Gasteiger partial charge in [0.15, 0.2) is 5.82 Å². The van der Waals surface area contributed by atoms with Crippen LogP contribution in [-0.2, 0) is 0 Å². The van der Waals surface area contributed by atoms with Gasteiger partial charge in [0.2, 0.25) is 0 Å². The Morgan fingerprint density at radius 1 is 1.25 bits per heavy atom. The van der Waals surface area contributed by atoms with Crippen LogP contribution in [0, 0.1) is 0 Å². The van der Waals surface area contributed by atoms with E-state index in [1.54, 1.807) is 6.20 Å². The summed E-state index contributed by atoms with van der Waals surface area (Å²) >= 11 is 0. The summed E-state index contributed by atoms with van der Waals surface area (Å²) in [6, 6.07) is 0. The van der Waals surface area contributed by atoms with Gasteiger partial charge in [0.05, 0.1) is 11.8 Å². The van der Waals surface area contributed by atoms with E-state index in [4.69, 9.17) is 5.73 Å². The molecule has 84 valence electrons. The largest absolute Gasteiger partial charge is 0.383 e. The second-order valence-electron chi connectivity index (χ2n) is 4.22. The molecule has 0 aliphatic heterocycles. The van der Waals surface area contributed by atoms with Crippen LogP contribution in [0.1, 0.15) is 37.4 Å². The lowest BCUT2D eigenvalue weighted by Gasteiger charge is -2.01. The Morgan fingerprint density at radius 2 is 2.06 bits per heavy atom. The van der Waals surface area contributed by atoms with Gasteiger partial charge in [-0.2, -0.15) is 10.2 Å². The summed E-state index contributed by atoms with van der Waals surface area (Å²) < 4.78 is 0. The molecule has 0 bridgehead atoms. The van der Waals surface area contributed by atoms with Crippen molar-refractivity contribution in [1.29, 1.82) is 0 Å². The second kappa shape index (κ2) is 3.62. The molecular weight excluding hydrogens is 204 g/mol. The number of nitrogen functional groups attached to an aromatic ring is 1. The maximum atomic E-state index is 5.72. The smallest absolute Gasteiger partial charge is 0.186 e. The van der Waals surface area contributed by atoms with Gasteiger partial charge in [0.25, 0.3) is 0 Å². The Kier molecular flexibility index (Phi) is 2.12. The fourth-order valence-electron chi connectivity index (χ4n) is 2.25. The van der Waals surface area contributed by atoms with E-state index in [1.807, 2.05) is 0 Å². The van der Waals surface area contributed by atoms with Crippen molar-refractivity contribution in [2.24, 2.45) is 0 Å². The van der Waals surface area contributed by atoms with Crippen molar-refractivity contribution in [2.45, 2.75) is 31.6 Å². The van der Waals surface area contributed by atoms with Crippen LogP contribution in [-0.4, -0.2) is 25.4 Å². The first-order chi connectivity index (χ1) is 7.84. The third-order valence-corrected chi connectivity index (χ3v) is 3.15. The summed E-state index contributed by atoms with van der Waals surface area (Å²) in [4.78, 5) is 4.49. The molecule has 0 saturated heterocycles. The molecular formula is C10H14N6. The molecule has 0 atom stereocenters. The van der Waals surface area contributed by atoms with Crippen molar-refractivity contribution in [2.75, 3.05) is 5.73 Å². The maximum Gasteiger partial charge on any atom is 0.186 e. The average Bonchev–Trinajstić information content (AvgIpc) is 2.96. The summed E-state index contributed by atoms with van der Waals surface area (Å²) in [7, 11) is 0. The van der Waals surface area contributed by atoms with Crippen molar-refractivity contribution in [3.8, 4) is 11.4 Å². The minimum absolute atomic E-state index is 0.511. The average molecular weight is 218 g/mol. The van der Waals surface area contributed by atoms with Crippen LogP contribution < -0.4 is 5.73 Å². The Balaban J connectivity index is 1.90. The third kappa shape index (κ3) is 1.46. The number of hydrogen-bond acceptors (Lipinski definition) is 4. The van der Waals surface area contributed by atoms with Crippen LogP contribution >= 0.6 is 0 Å². The first kappa shape index (κ1) is 9.38. The SMILES string of the molecule is Nc1[nH]ncc1-c1n[nH]c(C2CCCC2)n1. The van der Waals surface area contributed by atoms with Crippen LogP contribution in [0.5, 0.6) is 0 Å². The number of nitrogens with one attached hydrogen (secondary N) is 2. The molecule has 0 aromatic carbocycles. The van der Waals surface area contributed by atoms with Crippen molar-refractivity contribution in [3.05, 3.63) is 12.0 Å². The topological polar surface area (TPSA) is 96.3 Å². The van der Waals surface area contributed by atoms with Crippen LogP contribution in [0.4, 0.5) is 5.82 Å². The Hall–Kier alpha value is -1.85. The summed E-state index contributed by atoms with van der Waals surface area (Å²) in [6.07, 6.45) is 6.63. The van der Waals surface area contributed by atoms with E-state index < -0.39 is 0 Å². The number of anilines is 1. The van der Waals surface area contributed by atoms with E-state index in [1.165, 1.54) is 25.7 Å². The monoisotopic (exact) mass is 218 g/mol. The highest BCUT2D eigenvalue weighted by Crippen LogP contribution is 2.32. The molecule has 3 rings (SSSR count). The zero-order chi connectivity index (χ0) is 11.0. The van der Waals surface area contributed by atoms with Crippen molar-refractivity contribution in [3.63, 3.8) is 0 Å². The predicted octanol–water partition coefficient (Wildman–Crippen LogP) is 1.43. The molecule has 0 radical (unpaired) electrons. The van der Waals surface area contributed by atoms with E-state index in [2.05, 4.69) is 25.4 Å². The number of nitrogens with zero attached hydrogens (tertiary/aromatic N) is 3. The Morgan fingerprint density at radius 3 is 2.75 bits per heavy atom. The van der Waals surface area contributed by atoms with E-state index in [9.17, 15) is 0 Å². The lowest BCUT2D eigenvalue weighted by atomic mass is 10.1. The lowest BCUT2D eigenvalue weighted by Crippen LogP contribution is -1.94. The molecule has 2 aromatic heterocycles. The fourth-order valence-corrected chi connectivity index (χ4v) is 2.25. The van der Waals surface area contributed by atoms with Gasteiger partial charge in [0.1, 0.15) is 11.6 Å². The molecule has 1 fully saturated rings. The van der Waals surface area contributed by atoms with Crippen LogP contribution in [0.25, 0.3) is 11.4 Å². The number of hydrogen-bond donors (Lipinski definition) is 3. The lowest BCUT2D eigenvalue weighted by molar-refractivity contribution is 0.672. The maximum absolute atomic E-state index is 5.72. The van der Waals surface area contributed by atoms with Gasteiger partial charge in [-0.1, -0.05) is 12.8 Å². The van der Waals surface area contributed by atoms with Crippen LogP contribution in [0.2, 0.25) is 0 Å². The number of aromatic nitrogens is 5. The minimum Gasteiger partial charge on any atom is -0.383 e. The van der Waals surface area contributed by atoms with Gasteiger partial charge in [-0.25, -0.2) is 4.98 Å². The molecule has 0 unspecified atom stereocenters. The summed E-state index contributed by atoms with van der Waals surface area (Å²) in [5.74, 6) is 2.66. The van der Waals surface area contributed by atoms with Gasteiger partial charge in [0, 0.05) is 5.92 Å². The van der Waals surface area contributed by atoms with E-state index in [0.717, 1.165) is 11.4 Å². The normalized spacial score (nSPS) is 17.0. The summed E-state index contributed by atoms with van der Waals surface area (Å²) in [5, 5.41) is 13.7. The molecule has 2 heterocycles. The standard InChI is InChI=1S/C10H14N6/c11-8-7(5-12-14-8)10-13-9(15-16-10)6-3-1-2-4-6/h5-6H,1-4H2,(H3,11,12,14)(H,13,15,16). The fraction of sp³-hybridized carbons (Fsp3) is 0.500.